The molecular formula is C41H45FN2O11. The van der Waals surface area contributed by atoms with E-state index in [1.807, 2.05) is 79.1 Å². The minimum atomic E-state index is -1.45. The fraction of sp³-hybridized carbons (Fsp3) is 0.341. The molecule has 1 unspecified atom stereocenters. The Labute approximate surface area is 318 Å². The number of aliphatic hydroxyl groups is 2. The van der Waals surface area contributed by atoms with Gasteiger partial charge in [-0.05, 0) is 78.8 Å². The number of halogens is 1. The lowest BCUT2D eigenvalue weighted by molar-refractivity contribution is -0.777. The van der Waals surface area contributed by atoms with Gasteiger partial charge in [-0.25, -0.2) is 9.18 Å². The van der Waals surface area contributed by atoms with Gasteiger partial charge in [-0.2, -0.15) is 0 Å². The maximum Gasteiger partial charge on any atom is 0.510 e. The van der Waals surface area contributed by atoms with Gasteiger partial charge < -0.3 is 29.0 Å². The molecule has 292 valence electrons. The molecule has 14 heteroatoms. The first kappa shape index (κ1) is 41.9. The number of hydrogen-bond donors (Lipinski definition) is 2. The summed E-state index contributed by atoms with van der Waals surface area (Å²) in [6.45, 7) is 4.91. The summed E-state index contributed by atoms with van der Waals surface area (Å²) in [6.07, 6.45) is -2.37. The first-order valence-electron chi connectivity index (χ1n) is 17.8. The Morgan fingerprint density at radius 3 is 2.09 bits per heavy atom. The normalized spacial score (nSPS) is 12.9. The molecule has 4 aromatic rings. The Balaban J connectivity index is 1.46. The van der Waals surface area contributed by atoms with Crippen molar-refractivity contribution in [3.05, 3.63) is 130 Å². The molecule has 0 amide bonds. The molecule has 0 saturated heterocycles. The topological polar surface area (TPSA) is 177 Å². The van der Waals surface area contributed by atoms with Crippen molar-refractivity contribution in [1.82, 2.24) is 4.57 Å². The van der Waals surface area contributed by atoms with Crippen LogP contribution in [-0.4, -0.2) is 69.5 Å². The van der Waals surface area contributed by atoms with E-state index in [1.54, 1.807) is 12.1 Å². The van der Waals surface area contributed by atoms with E-state index >= 15 is 0 Å². The Kier molecular flexibility index (Phi) is 15.7. The summed E-state index contributed by atoms with van der Waals surface area (Å²) in [5.41, 5.74) is 5.11. The van der Waals surface area contributed by atoms with Crippen LogP contribution in [0.5, 0.6) is 0 Å². The molecule has 0 fully saturated rings. The van der Waals surface area contributed by atoms with E-state index in [-0.39, 0.29) is 57.1 Å². The number of rotatable bonds is 20. The third-order valence-electron chi connectivity index (χ3n) is 8.45. The predicted molar refractivity (Wildman–Crippen MR) is 200 cm³/mol. The van der Waals surface area contributed by atoms with Gasteiger partial charge in [-0.15, -0.1) is 10.1 Å². The summed E-state index contributed by atoms with van der Waals surface area (Å²) >= 11 is 0. The van der Waals surface area contributed by atoms with Gasteiger partial charge in [0.15, 0.2) is 5.78 Å². The number of nitrogens with zero attached hydrogens (tertiary/aromatic N) is 2. The van der Waals surface area contributed by atoms with Gasteiger partial charge in [0.2, 0.25) is 6.29 Å². The van der Waals surface area contributed by atoms with Gasteiger partial charge in [-0.3, -0.25) is 14.4 Å². The van der Waals surface area contributed by atoms with Crippen molar-refractivity contribution < 1.29 is 53.1 Å². The Bertz CT molecular complexity index is 1910. The average Bonchev–Trinajstić information content (AvgIpc) is 3.48. The van der Waals surface area contributed by atoms with E-state index in [2.05, 4.69) is 9.57 Å². The summed E-state index contributed by atoms with van der Waals surface area (Å²) in [6, 6.07) is 25.1. The van der Waals surface area contributed by atoms with Crippen LogP contribution in [0.2, 0.25) is 0 Å². The molecule has 0 spiro atoms. The highest BCUT2D eigenvalue weighted by Gasteiger charge is 2.30. The van der Waals surface area contributed by atoms with Gasteiger partial charge in [0.05, 0.1) is 24.3 Å². The van der Waals surface area contributed by atoms with Crippen molar-refractivity contribution in [2.45, 2.75) is 77.4 Å². The molecule has 55 heavy (non-hydrogen) atoms. The van der Waals surface area contributed by atoms with Crippen LogP contribution in [0.25, 0.3) is 22.4 Å². The molecule has 3 aromatic carbocycles. The minimum absolute atomic E-state index is 0.0786. The number of Topliss-reactive ketones (excluding diaryl/α,β-unsaturated/α-hetero) is 1. The summed E-state index contributed by atoms with van der Waals surface area (Å²) in [7, 11) is 0. The van der Waals surface area contributed by atoms with E-state index in [9.17, 15) is 39.1 Å². The fourth-order valence-electron chi connectivity index (χ4n) is 6.17. The van der Waals surface area contributed by atoms with E-state index in [1.165, 1.54) is 24.3 Å². The monoisotopic (exact) mass is 760 g/mol. The summed E-state index contributed by atoms with van der Waals surface area (Å²) in [5, 5.41) is 30.9. The third-order valence-corrected chi connectivity index (χ3v) is 8.45. The molecule has 0 saturated carbocycles. The maximum atomic E-state index is 14.3. The van der Waals surface area contributed by atoms with Crippen LogP contribution in [0, 0.1) is 15.9 Å². The molecule has 1 heterocycles. The number of ketones is 1. The maximum absolute atomic E-state index is 14.3. The smallest absolute Gasteiger partial charge is 0.461 e. The number of aromatic nitrogens is 1. The molecular weight excluding hydrogens is 715 g/mol. The number of ether oxygens (including phenoxy) is 3. The minimum Gasteiger partial charge on any atom is -0.461 e. The van der Waals surface area contributed by atoms with E-state index < -0.39 is 41.5 Å². The fourth-order valence-corrected chi connectivity index (χ4v) is 6.17. The van der Waals surface area contributed by atoms with Crippen molar-refractivity contribution in [3.63, 3.8) is 0 Å². The van der Waals surface area contributed by atoms with Gasteiger partial charge >= 0.3 is 12.1 Å². The van der Waals surface area contributed by atoms with Crippen LogP contribution in [0.3, 0.4) is 0 Å². The number of hydrogen-bond acceptors (Lipinski definition) is 11. The highest BCUT2D eigenvalue weighted by Crippen LogP contribution is 2.43. The Morgan fingerprint density at radius 2 is 1.47 bits per heavy atom. The number of esters is 1. The summed E-state index contributed by atoms with van der Waals surface area (Å²) in [4.78, 5) is 52.4. The second kappa shape index (κ2) is 20.6. The molecule has 2 N–H and O–H groups in total. The Morgan fingerprint density at radius 1 is 0.855 bits per heavy atom. The van der Waals surface area contributed by atoms with E-state index in [4.69, 9.17) is 9.47 Å². The molecule has 0 aliphatic heterocycles. The van der Waals surface area contributed by atoms with Gasteiger partial charge in [0.25, 0.3) is 5.09 Å². The molecule has 1 aromatic heterocycles. The molecule has 0 radical (unpaired) electrons. The number of carbonyl (C=O) groups is 3. The van der Waals surface area contributed by atoms with E-state index in [0.29, 0.717) is 22.4 Å². The van der Waals surface area contributed by atoms with Gasteiger partial charge in [0, 0.05) is 29.8 Å². The van der Waals surface area contributed by atoms with Crippen LogP contribution < -0.4 is 0 Å². The molecule has 4 rings (SSSR count). The number of benzene rings is 3. The lowest BCUT2D eigenvalue weighted by Crippen LogP contribution is -2.23. The number of aliphatic hydroxyl groups excluding tert-OH is 2. The van der Waals surface area contributed by atoms with Crippen LogP contribution in [0.1, 0.15) is 67.6 Å². The summed E-state index contributed by atoms with van der Waals surface area (Å²) in [5.74, 6) is -1.34. The zero-order valence-electron chi connectivity index (χ0n) is 30.8. The lowest BCUT2D eigenvalue weighted by atomic mass is 9.90. The predicted octanol–water partition coefficient (Wildman–Crippen LogP) is 7.21. The zero-order chi connectivity index (χ0) is 39.9. The number of carbonyl (C=O) groups excluding carboxylic acids is 3. The summed E-state index contributed by atoms with van der Waals surface area (Å²) < 4.78 is 30.5. The van der Waals surface area contributed by atoms with Crippen LogP contribution in [-0.2, 0) is 36.8 Å². The highest BCUT2D eigenvalue weighted by molar-refractivity contribution is 6.08. The Hall–Kier alpha value is -5.86. The van der Waals surface area contributed by atoms with Crippen molar-refractivity contribution in [2.24, 2.45) is 0 Å². The second-order valence-corrected chi connectivity index (χ2v) is 13.0. The first-order chi connectivity index (χ1) is 26.3. The van der Waals surface area contributed by atoms with E-state index in [0.717, 1.165) is 23.7 Å². The molecule has 13 nitrogen and oxygen atoms in total. The lowest BCUT2D eigenvalue weighted by Gasteiger charge is -2.20. The second-order valence-electron chi connectivity index (χ2n) is 13.0. The molecule has 0 bridgehead atoms. The van der Waals surface area contributed by atoms with Crippen LogP contribution >= 0.6 is 0 Å². The van der Waals surface area contributed by atoms with Crippen LogP contribution in [0.15, 0.2) is 97.1 Å². The van der Waals surface area contributed by atoms with Crippen molar-refractivity contribution >= 4 is 17.9 Å². The van der Waals surface area contributed by atoms with Gasteiger partial charge in [0.1, 0.15) is 19.0 Å². The van der Waals surface area contributed by atoms with Crippen molar-refractivity contribution in [3.8, 4) is 22.4 Å². The first-order valence-corrected chi connectivity index (χ1v) is 17.8. The van der Waals surface area contributed by atoms with Crippen molar-refractivity contribution in [2.75, 3.05) is 13.2 Å². The standard InChI is InChI=1S/C41H45FN2O11/c1-27(2)39-38(35(47)24-29-12-6-4-7-13-29)37(30-14-8-5-9-15-30)40(31-16-18-32(42)19-17-31)43(39)21-20-33(45)25-34(46)26-36(48)52-22-10-11-23-53-41(49)54-28(3)55-44(50)51/h4-19,27-28,33-34,45-46H,20-26H2,1-3H3/b11-10-/t28?,33-,34-/m1/s1. The largest absolute Gasteiger partial charge is 0.510 e. The SMILES string of the molecule is CC(OC(=O)OC/C=C\COC(=O)C[C@H](O)C[C@H](O)CCn1c(-c2ccc(F)cc2)c(-c2ccccc2)c(C(=O)Cc2ccccc2)c1C(C)C)O[N+](=O)[O-]. The van der Waals surface area contributed by atoms with Crippen LogP contribution in [0.4, 0.5) is 9.18 Å². The zero-order valence-corrected chi connectivity index (χ0v) is 30.8. The molecule has 3 atom stereocenters. The highest BCUT2D eigenvalue weighted by atomic mass is 19.1. The molecule has 0 aliphatic carbocycles. The van der Waals surface area contributed by atoms with Crippen molar-refractivity contribution in [1.29, 1.82) is 0 Å². The van der Waals surface area contributed by atoms with Gasteiger partial charge in [-0.1, -0.05) is 74.5 Å². The molecule has 0 aliphatic rings. The average molecular weight is 761 g/mol. The quantitative estimate of drug-likeness (QED) is 0.0232. The third kappa shape index (κ3) is 12.6.